The molecule has 0 aromatic heterocycles. The third-order valence-electron chi connectivity index (χ3n) is 4.15. The molecule has 1 rings (SSSR count). The molecule has 0 unspecified atom stereocenters. The van der Waals surface area contributed by atoms with Crippen LogP contribution in [0.1, 0.15) is 31.9 Å². The molecule has 25 heavy (non-hydrogen) atoms. The van der Waals surface area contributed by atoms with Crippen molar-refractivity contribution in [1.82, 2.24) is 0 Å². The first kappa shape index (κ1) is 20.8. The maximum absolute atomic E-state index is 11.7. The van der Waals surface area contributed by atoms with Crippen LogP contribution in [-0.4, -0.2) is 40.5 Å². The predicted octanol–water partition coefficient (Wildman–Crippen LogP) is 1.44. The van der Waals surface area contributed by atoms with Gasteiger partial charge in [0.1, 0.15) is 11.3 Å². The van der Waals surface area contributed by atoms with E-state index in [-0.39, 0.29) is 35.8 Å². The monoisotopic (exact) mass is 356 g/mol. The SMILES string of the molecule is COCOc1cc([N+](=O)[O-])c(C[C@@](N)(C(=O)O)C(C)(C)C)cc1CO. The van der Waals surface area contributed by atoms with E-state index < -0.39 is 28.5 Å². The smallest absolute Gasteiger partial charge is 0.324 e. The second kappa shape index (κ2) is 7.77. The number of methoxy groups -OCH3 is 1. The van der Waals surface area contributed by atoms with Gasteiger partial charge in [-0.2, -0.15) is 0 Å². The highest BCUT2D eigenvalue weighted by Gasteiger charge is 2.46. The zero-order chi connectivity index (χ0) is 19.4. The van der Waals surface area contributed by atoms with Crippen LogP contribution < -0.4 is 10.5 Å². The lowest BCUT2D eigenvalue weighted by Crippen LogP contribution is -2.59. The topological polar surface area (TPSA) is 145 Å². The Morgan fingerprint density at radius 3 is 2.32 bits per heavy atom. The molecule has 9 heteroatoms. The number of hydrogen-bond donors (Lipinski definition) is 3. The molecule has 0 saturated heterocycles. The van der Waals surface area contributed by atoms with E-state index >= 15 is 0 Å². The number of rotatable bonds is 8. The molecule has 1 atom stereocenters. The number of hydrogen-bond acceptors (Lipinski definition) is 7. The van der Waals surface area contributed by atoms with Crippen LogP contribution in [0.3, 0.4) is 0 Å². The highest BCUT2D eigenvalue weighted by atomic mass is 16.7. The Morgan fingerprint density at radius 1 is 1.32 bits per heavy atom. The van der Waals surface area contributed by atoms with Gasteiger partial charge in [0.25, 0.3) is 5.69 Å². The summed E-state index contributed by atoms with van der Waals surface area (Å²) in [6.45, 7) is 4.35. The number of nitrogens with zero attached hydrogens (tertiary/aromatic N) is 1. The van der Waals surface area contributed by atoms with Gasteiger partial charge in [-0.1, -0.05) is 20.8 Å². The van der Waals surface area contributed by atoms with Crippen molar-refractivity contribution in [3.8, 4) is 5.75 Å². The van der Waals surface area contributed by atoms with E-state index in [1.54, 1.807) is 20.8 Å². The molecular weight excluding hydrogens is 332 g/mol. The summed E-state index contributed by atoms with van der Waals surface area (Å²) in [4.78, 5) is 22.5. The Kier molecular flexibility index (Phi) is 6.47. The van der Waals surface area contributed by atoms with Crippen LogP contribution in [0.2, 0.25) is 0 Å². The second-order valence-electron chi connectivity index (χ2n) is 6.76. The Balaban J connectivity index is 3.47. The molecule has 9 nitrogen and oxygen atoms in total. The molecule has 0 spiro atoms. The summed E-state index contributed by atoms with van der Waals surface area (Å²) in [7, 11) is 1.39. The summed E-state index contributed by atoms with van der Waals surface area (Å²) in [6, 6.07) is 2.49. The summed E-state index contributed by atoms with van der Waals surface area (Å²) in [5, 5.41) is 30.5. The molecule has 0 fully saturated rings. The molecule has 0 aliphatic carbocycles. The molecule has 0 heterocycles. The average Bonchev–Trinajstić information content (AvgIpc) is 2.51. The van der Waals surface area contributed by atoms with Gasteiger partial charge in [0.2, 0.25) is 0 Å². The molecule has 0 aliphatic heterocycles. The first-order chi connectivity index (χ1) is 11.5. The molecule has 4 N–H and O–H groups in total. The quantitative estimate of drug-likeness (QED) is 0.360. The van der Waals surface area contributed by atoms with E-state index in [2.05, 4.69) is 0 Å². The number of nitro benzene ring substituents is 1. The fourth-order valence-corrected chi connectivity index (χ4v) is 2.32. The van der Waals surface area contributed by atoms with Crippen LogP contribution in [-0.2, 0) is 22.6 Å². The van der Waals surface area contributed by atoms with Crippen LogP contribution in [0.15, 0.2) is 12.1 Å². The molecule has 0 saturated carbocycles. The van der Waals surface area contributed by atoms with Crippen LogP contribution in [0.25, 0.3) is 0 Å². The van der Waals surface area contributed by atoms with Gasteiger partial charge in [-0.25, -0.2) is 0 Å². The van der Waals surface area contributed by atoms with E-state index in [1.165, 1.54) is 13.2 Å². The van der Waals surface area contributed by atoms with E-state index in [9.17, 15) is 25.1 Å². The summed E-state index contributed by atoms with van der Waals surface area (Å²) in [5.41, 5.74) is 3.55. The molecule has 1 aromatic carbocycles. The molecule has 0 radical (unpaired) electrons. The van der Waals surface area contributed by atoms with Gasteiger partial charge in [0.05, 0.1) is 17.6 Å². The van der Waals surface area contributed by atoms with Crippen LogP contribution in [0.4, 0.5) is 5.69 Å². The van der Waals surface area contributed by atoms with Crippen molar-refractivity contribution in [3.63, 3.8) is 0 Å². The van der Waals surface area contributed by atoms with E-state index in [1.807, 2.05) is 0 Å². The maximum Gasteiger partial charge on any atom is 0.324 e. The van der Waals surface area contributed by atoms with E-state index in [0.29, 0.717) is 0 Å². The van der Waals surface area contributed by atoms with Crippen molar-refractivity contribution in [1.29, 1.82) is 0 Å². The fraction of sp³-hybridized carbons (Fsp3) is 0.562. The fourth-order valence-electron chi connectivity index (χ4n) is 2.32. The largest absolute Gasteiger partial charge is 0.480 e. The van der Waals surface area contributed by atoms with Gasteiger partial charge >= 0.3 is 5.97 Å². The highest BCUT2D eigenvalue weighted by Crippen LogP contribution is 2.36. The van der Waals surface area contributed by atoms with E-state index in [4.69, 9.17) is 15.2 Å². The van der Waals surface area contributed by atoms with Gasteiger partial charge in [0, 0.05) is 24.7 Å². The van der Waals surface area contributed by atoms with Crippen LogP contribution >= 0.6 is 0 Å². The summed E-state index contributed by atoms with van der Waals surface area (Å²) in [6.07, 6.45) is -0.278. The lowest BCUT2D eigenvalue weighted by atomic mass is 9.70. The van der Waals surface area contributed by atoms with Crippen LogP contribution in [0.5, 0.6) is 5.75 Å². The number of carboxylic acid groups (broad SMARTS) is 1. The lowest BCUT2D eigenvalue weighted by molar-refractivity contribution is -0.385. The predicted molar refractivity (Wildman–Crippen MR) is 89.2 cm³/mol. The standard InChI is InChI=1S/C16H24N2O7/c1-15(2,3)16(17,14(20)21)7-10-5-11(8-19)13(25-9-24-4)6-12(10)18(22)23/h5-6,19H,7-9,17H2,1-4H3,(H,20,21)/t16-/m1/s1. The first-order valence-corrected chi connectivity index (χ1v) is 7.53. The lowest BCUT2D eigenvalue weighted by Gasteiger charge is -2.37. The highest BCUT2D eigenvalue weighted by molar-refractivity contribution is 5.80. The second-order valence-corrected chi connectivity index (χ2v) is 6.76. The van der Waals surface area contributed by atoms with Gasteiger partial charge < -0.3 is 25.4 Å². The Morgan fingerprint density at radius 2 is 1.92 bits per heavy atom. The number of carbonyl (C=O) groups is 1. The molecule has 0 aliphatic rings. The maximum atomic E-state index is 11.7. The zero-order valence-corrected chi connectivity index (χ0v) is 14.7. The molecular formula is C16H24N2O7. The van der Waals surface area contributed by atoms with Crippen molar-refractivity contribution < 1.29 is 29.4 Å². The molecule has 140 valence electrons. The Bertz CT molecular complexity index is 655. The molecule has 0 amide bonds. The third kappa shape index (κ3) is 4.44. The van der Waals surface area contributed by atoms with Crippen molar-refractivity contribution in [2.24, 2.45) is 11.1 Å². The summed E-state index contributed by atoms with van der Waals surface area (Å²) >= 11 is 0. The van der Waals surface area contributed by atoms with Crippen molar-refractivity contribution in [2.75, 3.05) is 13.9 Å². The normalized spacial score (nSPS) is 14.0. The number of nitrogens with two attached hydrogens (primary N) is 1. The third-order valence-corrected chi connectivity index (χ3v) is 4.15. The Labute approximate surface area is 145 Å². The van der Waals surface area contributed by atoms with Crippen molar-refractivity contribution >= 4 is 11.7 Å². The molecule has 1 aromatic rings. The van der Waals surface area contributed by atoms with Gasteiger partial charge in [0.15, 0.2) is 6.79 Å². The number of benzene rings is 1. The minimum absolute atomic E-state index is 0.0912. The number of aliphatic hydroxyl groups is 1. The minimum atomic E-state index is -1.74. The number of nitro groups is 1. The van der Waals surface area contributed by atoms with E-state index in [0.717, 1.165) is 6.07 Å². The summed E-state index contributed by atoms with van der Waals surface area (Å²) in [5.74, 6) is -1.17. The van der Waals surface area contributed by atoms with Crippen molar-refractivity contribution in [2.45, 2.75) is 39.3 Å². The van der Waals surface area contributed by atoms with Gasteiger partial charge in [-0.3, -0.25) is 14.9 Å². The first-order valence-electron chi connectivity index (χ1n) is 7.53. The average molecular weight is 356 g/mol. The molecule has 0 bridgehead atoms. The minimum Gasteiger partial charge on any atom is -0.480 e. The Hall–Kier alpha value is -2.23. The number of aliphatic hydroxyl groups excluding tert-OH is 1. The van der Waals surface area contributed by atoms with Crippen LogP contribution in [0, 0.1) is 15.5 Å². The number of carboxylic acids is 1. The summed E-state index contributed by atoms with van der Waals surface area (Å²) < 4.78 is 9.99. The van der Waals surface area contributed by atoms with Gasteiger partial charge in [-0.05, 0) is 11.5 Å². The number of ether oxygens (including phenoxy) is 2. The van der Waals surface area contributed by atoms with Crippen molar-refractivity contribution in [3.05, 3.63) is 33.4 Å². The zero-order valence-electron chi connectivity index (χ0n) is 14.7. The number of aliphatic carboxylic acids is 1. The van der Waals surface area contributed by atoms with Gasteiger partial charge in [-0.15, -0.1) is 0 Å².